The Morgan fingerprint density at radius 3 is 2.43 bits per heavy atom. The summed E-state index contributed by atoms with van der Waals surface area (Å²) < 4.78 is 44.2. The number of benzene rings is 1. The minimum Gasteiger partial charge on any atom is -0.334 e. The van der Waals surface area contributed by atoms with Crippen LogP contribution >= 0.6 is 0 Å². The van der Waals surface area contributed by atoms with Gasteiger partial charge in [-0.25, -0.2) is 4.98 Å². The highest BCUT2D eigenvalue weighted by atomic mass is 19.4. The van der Waals surface area contributed by atoms with Gasteiger partial charge in [0.2, 0.25) is 0 Å². The van der Waals surface area contributed by atoms with Crippen molar-refractivity contribution in [3.8, 4) is 11.1 Å². The molecular weight excluding hydrogens is 303 g/mol. The van der Waals surface area contributed by atoms with E-state index in [1.54, 1.807) is 34.2 Å². The zero-order valence-corrected chi connectivity index (χ0v) is 12.2. The second-order valence-corrected chi connectivity index (χ2v) is 5.46. The van der Waals surface area contributed by atoms with Gasteiger partial charge < -0.3 is 8.97 Å². The highest BCUT2D eigenvalue weighted by Crippen LogP contribution is 2.40. The number of aromatic nitrogens is 3. The fourth-order valence-electron chi connectivity index (χ4n) is 2.93. The van der Waals surface area contributed by atoms with E-state index in [4.69, 9.17) is 0 Å². The van der Waals surface area contributed by atoms with Gasteiger partial charge in [0.05, 0.1) is 28.4 Å². The van der Waals surface area contributed by atoms with Gasteiger partial charge in [-0.3, -0.25) is 0 Å². The van der Waals surface area contributed by atoms with E-state index in [1.807, 2.05) is 18.5 Å². The number of imidazole rings is 1. The van der Waals surface area contributed by atoms with Gasteiger partial charge in [0.15, 0.2) is 0 Å². The van der Waals surface area contributed by atoms with Crippen molar-refractivity contribution in [2.24, 2.45) is 7.05 Å². The van der Waals surface area contributed by atoms with E-state index in [1.165, 1.54) is 18.5 Å². The molecule has 4 rings (SSSR count). The van der Waals surface area contributed by atoms with Crippen LogP contribution in [0.25, 0.3) is 27.7 Å². The minimum absolute atomic E-state index is 0.146. The fourth-order valence-corrected chi connectivity index (χ4v) is 2.93. The van der Waals surface area contributed by atoms with Crippen molar-refractivity contribution in [2.45, 2.75) is 6.18 Å². The highest BCUT2D eigenvalue weighted by Gasteiger charge is 2.35. The molecule has 116 valence electrons. The zero-order valence-electron chi connectivity index (χ0n) is 12.2. The standard InChI is InChI=1S/C17H12F3N3/c1-22-10-21-14-8-12(13(9-16(14)22)17(18,19)20)11-4-2-6-23-7-3-5-15(11)23/h2-10H,1H3. The molecule has 3 aromatic heterocycles. The molecule has 0 fully saturated rings. The highest BCUT2D eigenvalue weighted by molar-refractivity contribution is 5.90. The zero-order chi connectivity index (χ0) is 16.2. The molecular formula is C17H12F3N3. The Morgan fingerprint density at radius 1 is 0.957 bits per heavy atom. The molecule has 0 spiro atoms. The summed E-state index contributed by atoms with van der Waals surface area (Å²) in [5.41, 5.74) is 1.77. The lowest BCUT2D eigenvalue weighted by atomic mass is 9.98. The van der Waals surface area contributed by atoms with E-state index in [0.29, 0.717) is 16.6 Å². The maximum absolute atomic E-state index is 13.6. The number of rotatable bonds is 1. The molecule has 0 aliphatic carbocycles. The molecule has 0 bridgehead atoms. The van der Waals surface area contributed by atoms with Gasteiger partial charge >= 0.3 is 6.18 Å². The van der Waals surface area contributed by atoms with Crippen LogP contribution in [0.4, 0.5) is 13.2 Å². The summed E-state index contributed by atoms with van der Waals surface area (Å²) in [5, 5.41) is 0. The van der Waals surface area contributed by atoms with Crippen LogP contribution < -0.4 is 0 Å². The molecule has 0 saturated heterocycles. The van der Waals surface area contributed by atoms with E-state index >= 15 is 0 Å². The predicted octanol–water partition coefficient (Wildman–Crippen LogP) is 4.51. The van der Waals surface area contributed by atoms with Gasteiger partial charge in [-0.05, 0) is 35.9 Å². The maximum Gasteiger partial charge on any atom is 0.417 e. The third-order valence-corrected chi connectivity index (χ3v) is 4.02. The molecule has 3 nitrogen and oxygen atoms in total. The SMILES string of the molecule is Cn1cnc2cc(-c3cccn4cccc34)c(C(F)(F)F)cc21. The lowest BCUT2D eigenvalue weighted by Crippen LogP contribution is -2.08. The van der Waals surface area contributed by atoms with Crippen LogP contribution in [0.2, 0.25) is 0 Å². The van der Waals surface area contributed by atoms with Crippen molar-refractivity contribution < 1.29 is 13.2 Å². The van der Waals surface area contributed by atoms with Crippen molar-refractivity contribution in [2.75, 3.05) is 0 Å². The summed E-state index contributed by atoms with van der Waals surface area (Å²) in [6.07, 6.45) is 0.705. The second kappa shape index (κ2) is 4.62. The summed E-state index contributed by atoms with van der Waals surface area (Å²) in [6, 6.07) is 9.74. The number of hydrogen-bond acceptors (Lipinski definition) is 1. The molecule has 3 heterocycles. The van der Waals surface area contributed by atoms with Crippen molar-refractivity contribution in [3.05, 3.63) is 60.7 Å². The van der Waals surface area contributed by atoms with E-state index in [0.717, 1.165) is 5.52 Å². The van der Waals surface area contributed by atoms with Crippen LogP contribution in [-0.4, -0.2) is 14.0 Å². The van der Waals surface area contributed by atoms with Crippen LogP contribution in [0.15, 0.2) is 55.1 Å². The molecule has 0 atom stereocenters. The van der Waals surface area contributed by atoms with Crippen LogP contribution in [0.3, 0.4) is 0 Å². The van der Waals surface area contributed by atoms with Crippen LogP contribution in [-0.2, 0) is 13.2 Å². The van der Waals surface area contributed by atoms with Crippen LogP contribution in [0.5, 0.6) is 0 Å². The van der Waals surface area contributed by atoms with E-state index < -0.39 is 11.7 Å². The van der Waals surface area contributed by atoms with E-state index in [2.05, 4.69) is 4.98 Å². The van der Waals surface area contributed by atoms with Crippen molar-refractivity contribution in [1.29, 1.82) is 0 Å². The predicted molar refractivity (Wildman–Crippen MR) is 82.1 cm³/mol. The summed E-state index contributed by atoms with van der Waals surface area (Å²) in [6.45, 7) is 0. The maximum atomic E-state index is 13.6. The third-order valence-electron chi connectivity index (χ3n) is 4.02. The average Bonchev–Trinajstić information content (AvgIpc) is 3.12. The van der Waals surface area contributed by atoms with Crippen molar-refractivity contribution in [1.82, 2.24) is 14.0 Å². The monoisotopic (exact) mass is 315 g/mol. The minimum atomic E-state index is -4.44. The van der Waals surface area contributed by atoms with Gasteiger partial charge in [0.1, 0.15) is 0 Å². The third kappa shape index (κ3) is 2.10. The Kier molecular flexibility index (Phi) is 2.78. The molecule has 0 aliphatic rings. The largest absolute Gasteiger partial charge is 0.417 e. The number of nitrogens with zero attached hydrogens (tertiary/aromatic N) is 3. The van der Waals surface area contributed by atoms with Gasteiger partial charge in [0, 0.05) is 25.0 Å². The Morgan fingerprint density at radius 2 is 1.70 bits per heavy atom. The van der Waals surface area contributed by atoms with Crippen molar-refractivity contribution >= 4 is 16.6 Å². The lowest BCUT2D eigenvalue weighted by Gasteiger charge is -2.15. The smallest absolute Gasteiger partial charge is 0.334 e. The molecule has 1 aromatic carbocycles. The molecule has 23 heavy (non-hydrogen) atoms. The Bertz CT molecular complexity index is 1020. The second-order valence-electron chi connectivity index (χ2n) is 5.46. The molecule has 0 N–H and O–H groups in total. The van der Waals surface area contributed by atoms with Crippen LogP contribution in [0.1, 0.15) is 5.56 Å². The summed E-state index contributed by atoms with van der Waals surface area (Å²) in [5.74, 6) is 0. The Hall–Kier alpha value is -2.76. The molecule has 0 amide bonds. The Labute approximate surface area is 129 Å². The summed E-state index contributed by atoms with van der Waals surface area (Å²) >= 11 is 0. The summed E-state index contributed by atoms with van der Waals surface area (Å²) in [4.78, 5) is 4.18. The normalized spacial score (nSPS) is 12.3. The Balaban J connectivity index is 2.11. The molecule has 0 saturated carbocycles. The number of alkyl halides is 3. The average molecular weight is 315 g/mol. The topological polar surface area (TPSA) is 22.2 Å². The molecule has 0 unspecified atom stereocenters. The van der Waals surface area contributed by atoms with Gasteiger partial charge in [-0.1, -0.05) is 6.07 Å². The number of halogens is 3. The van der Waals surface area contributed by atoms with Crippen molar-refractivity contribution in [3.63, 3.8) is 0 Å². The van der Waals surface area contributed by atoms with E-state index in [-0.39, 0.29) is 5.56 Å². The number of pyridine rings is 1. The van der Waals surface area contributed by atoms with Gasteiger partial charge in [-0.2, -0.15) is 13.2 Å². The lowest BCUT2D eigenvalue weighted by molar-refractivity contribution is -0.137. The summed E-state index contributed by atoms with van der Waals surface area (Å²) in [7, 11) is 1.68. The molecule has 4 aromatic rings. The molecule has 0 radical (unpaired) electrons. The number of fused-ring (bicyclic) bond motifs is 2. The molecule has 6 heteroatoms. The fraction of sp³-hybridized carbons (Fsp3) is 0.118. The van der Waals surface area contributed by atoms with Gasteiger partial charge in [-0.15, -0.1) is 0 Å². The van der Waals surface area contributed by atoms with Gasteiger partial charge in [0.25, 0.3) is 0 Å². The van der Waals surface area contributed by atoms with E-state index in [9.17, 15) is 13.2 Å². The first-order valence-corrected chi connectivity index (χ1v) is 7.03. The quantitative estimate of drug-likeness (QED) is 0.506. The number of hydrogen-bond donors (Lipinski definition) is 0. The number of aryl methyl sites for hydroxylation is 1. The first-order chi connectivity index (χ1) is 10.9. The first kappa shape index (κ1) is 13.9. The van der Waals surface area contributed by atoms with Crippen LogP contribution in [0, 0.1) is 0 Å². The first-order valence-electron chi connectivity index (χ1n) is 7.03. The molecule has 0 aliphatic heterocycles.